The first-order valence-corrected chi connectivity index (χ1v) is 4.90. The van der Waals surface area contributed by atoms with Gasteiger partial charge in [0.25, 0.3) is 0 Å². The summed E-state index contributed by atoms with van der Waals surface area (Å²) >= 11 is 0. The molecule has 0 aliphatic heterocycles. The van der Waals surface area contributed by atoms with Gasteiger partial charge in [0, 0.05) is 12.1 Å². The first kappa shape index (κ1) is 12.9. The van der Waals surface area contributed by atoms with Gasteiger partial charge in [-0.2, -0.15) is 0 Å². The molecule has 0 fully saturated rings. The molecule has 0 aromatic rings. The summed E-state index contributed by atoms with van der Waals surface area (Å²) < 4.78 is 10.8. The molecule has 0 saturated heterocycles. The molecule has 1 N–H and O–H groups in total. The van der Waals surface area contributed by atoms with Gasteiger partial charge in [0.05, 0.1) is 0 Å². The normalized spacial score (nSPS) is 17.1. The Hall–Kier alpha value is -0.120. The highest BCUT2D eigenvalue weighted by atomic mass is 16.7. The van der Waals surface area contributed by atoms with Crippen LogP contribution in [0.25, 0.3) is 0 Å². The van der Waals surface area contributed by atoms with E-state index in [-0.39, 0.29) is 18.1 Å². The maximum absolute atomic E-state index is 5.53. The number of ether oxygens (including phenoxy) is 2. The van der Waals surface area contributed by atoms with E-state index in [1.165, 1.54) is 0 Å². The third-order valence-corrected chi connectivity index (χ3v) is 1.43. The van der Waals surface area contributed by atoms with Crippen LogP contribution in [0.15, 0.2) is 0 Å². The van der Waals surface area contributed by atoms with Crippen LogP contribution in [0.5, 0.6) is 0 Å². The Bertz CT molecular complexity index is 131. The summed E-state index contributed by atoms with van der Waals surface area (Å²) in [5.41, 5.74) is 0.0748. The summed E-state index contributed by atoms with van der Waals surface area (Å²) in [6, 6.07) is 0. The first-order valence-electron chi connectivity index (χ1n) is 4.90. The fourth-order valence-electron chi connectivity index (χ4n) is 1.21. The van der Waals surface area contributed by atoms with E-state index in [0.717, 1.165) is 0 Å². The number of nitrogens with one attached hydrogen (secondary N) is 1. The van der Waals surface area contributed by atoms with E-state index in [9.17, 15) is 0 Å². The van der Waals surface area contributed by atoms with Gasteiger partial charge in [-0.25, -0.2) is 0 Å². The van der Waals surface area contributed by atoms with Crippen molar-refractivity contribution in [3.05, 3.63) is 0 Å². The van der Waals surface area contributed by atoms with Crippen molar-refractivity contribution in [3.63, 3.8) is 0 Å². The van der Waals surface area contributed by atoms with Crippen LogP contribution in [0.1, 0.15) is 41.5 Å². The molecule has 2 atom stereocenters. The van der Waals surface area contributed by atoms with Crippen LogP contribution < -0.4 is 5.32 Å². The van der Waals surface area contributed by atoms with E-state index in [1.807, 2.05) is 20.8 Å². The minimum absolute atomic E-state index is 0.0153. The molecule has 13 heavy (non-hydrogen) atoms. The van der Waals surface area contributed by atoms with Crippen LogP contribution in [-0.2, 0) is 9.47 Å². The van der Waals surface area contributed by atoms with Crippen molar-refractivity contribution >= 4 is 0 Å². The Morgan fingerprint density at radius 2 is 1.77 bits per heavy atom. The zero-order valence-corrected chi connectivity index (χ0v) is 9.68. The van der Waals surface area contributed by atoms with Gasteiger partial charge in [0.2, 0.25) is 0 Å². The van der Waals surface area contributed by atoms with Crippen molar-refractivity contribution in [2.75, 3.05) is 6.61 Å². The van der Waals surface area contributed by atoms with E-state index < -0.39 is 0 Å². The fourth-order valence-corrected chi connectivity index (χ4v) is 1.21. The molecule has 0 bridgehead atoms. The summed E-state index contributed by atoms with van der Waals surface area (Å²) in [6.07, 6.45) is -0.128. The second kappa shape index (κ2) is 5.58. The van der Waals surface area contributed by atoms with Gasteiger partial charge >= 0.3 is 0 Å². The molecule has 0 rings (SSSR count). The Kier molecular flexibility index (Phi) is 5.53. The first-order chi connectivity index (χ1) is 5.85. The average Bonchev–Trinajstić information content (AvgIpc) is 1.81. The lowest BCUT2D eigenvalue weighted by Crippen LogP contribution is -2.44. The summed E-state index contributed by atoms with van der Waals surface area (Å²) in [4.78, 5) is 0. The van der Waals surface area contributed by atoms with Crippen molar-refractivity contribution in [2.24, 2.45) is 0 Å². The highest BCUT2D eigenvalue weighted by Crippen LogP contribution is 2.04. The van der Waals surface area contributed by atoms with Crippen LogP contribution in [0.2, 0.25) is 0 Å². The van der Waals surface area contributed by atoms with Gasteiger partial charge in [-0.15, -0.1) is 0 Å². The molecule has 0 saturated carbocycles. The van der Waals surface area contributed by atoms with Crippen molar-refractivity contribution in [1.82, 2.24) is 5.32 Å². The topological polar surface area (TPSA) is 30.5 Å². The predicted molar refractivity (Wildman–Crippen MR) is 54.5 cm³/mol. The molecule has 3 nitrogen and oxygen atoms in total. The van der Waals surface area contributed by atoms with Crippen LogP contribution in [-0.4, -0.2) is 24.7 Å². The average molecular weight is 189 g/mol. The van der Waals surface area contributed by atoms with Crippen LogP contribution in [0.4, 0.5) is 0 Å². The Morgan fingerprint density at radius 3 is 2.15 bits per heavy atom. The van der Waals surface area contributed by atoms with Crippen molar-refractivity contribution in [2.45, 2.75) is 59.6 Å². The minimum Gasteiger partial charge on any atom is -0.353 e. The number of rotatable bonds is 5. The molecule has 0 aromatic carbocycles. The summed E-state index contributed by atoms with van der Waals surface area (Å²) in [7, 11) is 0. The highest BCUT2D eigenvalue weighted by Gasteiger charge is 2.15. The smallest absolute Gasteiger partial charge is 0.156 e. The highest BCUT2D eigenvalue weighted by molar-refractivity contribution is 4.70. The third-order valence-electron chi connectivity index (χ3n) is 1.43. The zero-order chi connectivity index (χ0) is 10.5. The third kappa shape index (κ3) is 8.22. The molecule has 3 heteroatoms. The second-order valence-electron chi connectivity index (χ2n) is 4.20. The maximum Gasteiger partial charge on any atom is 0.156 e. The molecule has 0 spiro atoms. The quantitative estimate of drug-likeness (QED) is 0.672. The van der Waals surface area contributed by atoms with Gasteiger partial charge < -0.3 is 9.47 Å². The minimum atomic E-state index is -0.144. The molecule has 0 aliphatic carbocycles. The van der Waals surface area contributed by atoms with E-state index >= 15 is 0 Å². The molecule has 0 aliphatic rings. The van der Waals surface area contributed by atoms with Gasteiger partial charge in [0.1, 0.15) is 6.23 Å². The molecular formula is C10H23NO2. The maximum atomic E-state index is 5.53. The van der Waals surface area contributed by atoms with Gasteiger partial charge in [-0.05, 0) is 41.5 Å². The van der Waals surface area contributed by atoms with Crippen LogP contribution >= 0.6 is 0 Å². The molecular weight excluding hydrogens is 166 g/mol. The molecule has 2 unspecified atom stereocenters. The largest absolute Gasteiger partial charge is 0.353 e. The van der Waals surface area contributed by atoms with Gasteiger partial charge in [-0.3, -0.25) is 5.32 Å². The Morgan fingerprint density at radius 1 is 1.23 bits per heavy atom. The number of hydrogen-bond donors (Lipinski definition) is 1. The Labute approximate surface area is 81.8 Å². The number of hydrogen-bond acceptors (Lipinski definition) is 3. The predicted octanol–water partition coefficient (Wildman–Crippen LogP) is 2.12. The van der Waals surface area contributed by atoms with Gasteiger partial charge in [-0.1, -0.05) is 0 Å². The van der Waals surface area contributed by atoms with E-state index in [1.54, 1.807) is 0 Å². The lowest BCUT2D eigenvalue weighted by Gasteiger charge is -2.28. The van der Waals surface area contributed by atoms with Crippen molar-refractivity contribution in [3.8, 4) is 0 Å². The summed E-state index contributed by atoms with van der Waals surface area (Å²) in [5, 5.41) is 3.31. The summed E-state index contributed by atoms with van der Waals surface area (Å²) in [5.74, 6) is 0. The SMILES string of the molecule is CCOC(C)OC(C)NC(C)(C)C. The Balaban J connectivity index is 3.67. The molecule has 0 amide bonds. The molecule has 0 heterocycles. The standard InChI is InChI=1S/C10H23NO2/c1-7-12-9(3)13-8(2)11-10(4,5)6/h8-9,11H,7H2,1-6H3. The van der Waals surface area contributed by atoms with Crippen molar-refractivity contribution < 1.29 is 9.47 Å². The van der Waals surface area contributed by atoms with Gasteiger partial charge in [0.15, 0.2) is 6.29 Å². The second-order valence-corrected chi connectivity index (χ2v) is 4.20. The van der Waals surface area contributed by atoms with Crippen molar-refractivity contribution in [1.29, 1.82) is 0 Å². The molecule has 80 valence electrons. The van der Waals surface area contributed by atoms with E-state index in [4.69, 9.17) is 9.47 Å². The van der Waals surface area contributed by atoms with Crippen LogP contribution in [0, 0.1) is 0 Å². The lowest BCUT2D eigenvalue weighted by molar-refractivity contribution is -0.163. The molecule has 0 radical (unpaired) electrons. The fraction of sp³-hybridized carbons (Fsp3) is 1.00. The molecule has 0 aromatic heterocycles. The summed E-state index contributed by atoms with van der Waals surface area (Å²) in [6.45, 7) is 12.9. The zero-order valence-electron chi connectivity index (χ0n) is 9.68. The van der Waals surface area contributed by atoms with E-state index in [0.29, 0.717) is 6.61 Å². The lowest BCUT2D eigenvalue weighted by atomic mass is 10.1. The van der Waals surface area contributed by atoms with Crippen LogP contribution in [0.3, 0.4) is 0 Å². The van der Waals surface area contributed by atoms with E-state index in [2.05, 4.69) is 26.1 Å². The monoisotopic (exact) mass is 189 g/mol.